The number of rotatable bonds is 2. The molecule has 0 aromatic carbocycles. The van der Waals surface area contributed by atoms with E-state index >= 15 is 0 Å². The molecule has 1 heterocycles. The van der Waals surface area contributed by atoms with Gasteiger partial charge in [-0.15, -0.1) is 11.6 Å². The minimum atomic E-state index is 0.409. The molecule has 0 spiro atoms. The molecule has 1 aromatic heterocycles. The Hall–Kier alpha value is 0.210. The lowest BCUT2D eigenvalue weighted by molar-refractivity contribution is 1.20. The van der Waals surface area contributed by atoms with Gasteiger partial charge in [0.1, 0.15) is 5.15 Å². The fourth-order valence-corrected chi connectivity index (χ4v) is 1.46. The van der Waals surface area contributed by atoms with Crippen molar-refractivity contribution in [3.8, 4) is 0 Å². The van der Waals surface area contributed by atoms with Crippen molar-refractivity contribution in [2.24, 2.45) is 0 Å². The average Bonchev–Trinajstić information content (AvgIpc) is 2.05. The first-order valence-corrected chi connectivity index (χ1v) is 5.06. The number of nitrogens with zero attached hydrogens (tertiary/aromatic N) is 1. The van der Waals surface area contributed by atoms with Crippen LogP contribution >= 0.6 is 39.1 Å². The van der Waals surface area contributed by atoms with Gasteiger partial charge in [0, 0.05) is 17.1 Å². The molecule has 0 aliphatic heterocycles. The van der Waals surface area contributed by atoms with E-state index in [1.165, 1.54) is 0 Å². The predicted octanol–water partition coefficient (Wildman–Crippen LogP) is 3.37. The van der Waals surface area contributed by atoms with E-state index in [0.717, 1.165) is 16.5 Å². The third-order valence-electron chi connectivity index (χ3n) is 1.27. The quantitative estimate of drug-likeness (QED) is 0.583. The second-order valence-electron chi connectivity index (χ2n) is 2.06. The molecular weight excluding hydrogens is 249 g/mol. The monoisotopic (exact) mass is 253 g/mol. The second kappa shape index (κ2) is 4.29. The highest BCUT2D eigenvalue weighted by Gasteiger charge is 2.00. The lowest BCUT2D eigenvalue weighted by Gasteiger charge is -2.00. The fraction of sp³-hybridized carbons (Fsp3) is 0.286. The third-order valence-corrected chi connectivity index (χ3v) is 2.54. The van der Waals surface area contributed by atoms with Crippen LogP contribution in [0, 0.1) is 0 Å². The van der Waals surface area contributed by atoms with E-state index < -0.39 is 0 Å². The lowest BCUT2D eigenvalue weighted by atomic mass is 10.2. The Bertz CT molecular complexity index is 252. The zero-order chi connectivity index (χ0) is 8.27. The highest BCUT2D eigenvalue weighted by Crippen LogP contribution is 2.17. The van der Waals surface area contributed by atoms with Gasteiger partial charge in [0.15, 0.2) is 0 Å². The van der Waals surface area contributed by atoms with E-state index in [1.54, 1.807) is 6.20 Å². The molecule has 1 aromatic rings. The van der Waals surface area contributed by atoms with E-state index in [0.29, 0.717) is 11.0 Å². The van der Waals surface area contributed by atoms with Crippen LogP contribution in [0.15, 0.2) is 12.3 Å². The number of hydrogen-bond donors (Lipinski definition) is 0. The van der Waals surface area contributed by atoms with Crippen LogP contribution in [0.25, 0.3) is 0 Å². The van der Waals surface area contributed by atoms with E-state index in [-0.39, 0.29) is 0 Å². The molecule has 0 N–H and O–H groups in total. The lowest BCUT2D eigenvalue weighted by Crippen LogP contribution is -1.87. The standard InChI is InChI=1S/C7H6BrCl2N/c8-2-5-1-6(3-9)7(10)11-4-5/h1,4H,2-3H2. The fourth-order valence-electron chi connectivity index (χ4n) is 0.710. The SMILES string of the molecule is ClCc1cc(CBr)cnc1Cl. The maximum atomic E-state index is 5.74. The molecule has 0 amide bonds. The molecule has 11 heavy (non-hydrogen) atoms. The van der Waals surface area contributed by atoms with Crippen molar-refractivity contribution in [1.82, 2.24) is 4.98 Å². The Labute approximate surface area is 83.9 Å². The van der Waals surface area contributed by atoms with E-state index in [9.17, 15) is 0 Å². The second-order valence-corrected chi connectivity index (χ2v) is 3.25. The van der Waals surface area contributed by atoms with Crippen LogP contribution in [-0.2, 0) is 11.2 Å². The minimum Gasteiger partial charge on any atom is -0.244 e. The zero-order valence-corrected chi connectivity index (χ0v) is 8.75. The summed E-state index contributed by atoms with van der Waals surface area (Å²) in [6, 6.07) is 1.94. The first-order chi connectivity index (χ1) is 5.27. The summed E-state index contributed by atoms with van der Waals surface area (Å²) in [6.07, 6.45) is 1.73. The smallest absolute Gasteiger partial charge is 0.133 e. The number of pyridine rings is 1. The molecule has 0 bridgehead atoms. The molecule has 1 nitrogen and oxygen atoms in total. The first-order valence-electron chi connectivity index (χ1n) is 3.03. The highest BCUT2D eigenvalue weighted by molar-refractivity contribution is 9.08. The van der Waals surface area contributed by atoms with E-state index in [1.807, 2.05) is 6.07 Å². The van der Waals surface area contributed by atoms with Crippen molar-refractivity contribution in [2.45, 2.75) is 11.2 Å². The van der Waals surface area contributed by atoms with Gasteiger partial charge in [-0.3, -0.25) is 0 Å². The molecule has 0 atom stereocenters. The van der Waals surface area contributed by atoms with Gasteiger partial charge in [0.05, 0.1) is 5.88 Å². The van der Waals surface area contributed by atoms with Gasteiger partial charge < -0.3 is 0 Å². The largest absolute Gasteiger partial charge is 0.244 e. The van der Waals surface area contributed by atoms with Crippen molar-refractivity contribution in [2.75, 3.05) is 0 Å². The molecule has 0 aliphatic carbocycles. The van der Waals surface area contributed by atoms with Gasteiger partial charge in [-0.1, -0.05) is 27.5 Å². The summed E-state index contributed by atoms with van der Waals surface area (Å²) in [5.74, 6) is 0.409. The summed E-state index contributed by atoms with van der Waals surface area (Å²) < 4.78 is 0. The maximum absolute atomic E-state index is 5.74. The van der Waals surface area contributed by atoms with Crippen LogP contribution < -0.4 is 0 Å². The summed E-state index contributed by atoms with van der Waals surface area (Å²) in [5, 5.41) is 1.27. The van der Waals surface area contributed by atoms with Crippen molar-refractivity contribution >= 4 is 39.1 Å². The Morgan fingerprint density at radius 2 is 2.27 bits per heavy atom. The van der Waals surface area contributed by atoms with Crippen molar-refractivity contribution < 1.29 is 0 Å². The highest BCUT2D eigenvalue weighted by atomic mass is 79.9. The van der Waals surface area contributed by atoms with Gasteiger partial charge in [0.2, 0.25) is 0 Å². The van der Waals surface area contributed by atoms with E-state index in [4.69, 9.17) is 23.2 Å². The summed E-state index contributed by atoms with van der Waals surface area (Å²) >= 11 is 14.7. The summed E-state index contributed by atoms with van der Waals surface area (Å²) in [7, 11) is 0. The summed E-state index contributed by atoms with van der Waals surface area (Å²) in [6.45, 7) is 0. The zero-order valence-electron chi connectivity index (χ0n) is 5.65. The Morgan fingerprint density at radius 1 is 1.55 bits per heavy atom. The molecule has 4 heteroatoms. The van der Waals surface area contributed by atoms with Crippen molar-refractivity contribution in [3.63, 3.8) is 0 Å². The number of hydrogen-bond acceptors (Lipinski definition) is 1. The normalized spacial score (nSPS) is 10.1. The molecule has 0 aliphatic rings. The average molecular weight is 255 g/mol. The molecule has 0 unspecified atom stereocenters. The molecule has 60 valence electrons. The van der Waals surface area contributed by atoms with Gasteiger partial charge >= 0.3 is 0 Å². The van der Waals surface area contributed by atoms with Crippen LogP contribution in [0.2, 0.25) is 5.15 Å². The van der Waals surface area contributed by atoms with Crippen LogP contribution in [0.3, 0.4) is 0 Å². The van der Waals surface area contributed by atoms with Gasteiger partial charge in [-0.25, -0.2) is 4.98 Å². The third kappa shape index (κ3) is 2.32. The van der Waals surface area contributed by atoms with Gasteiger partial charge in [-0.2, -0.15) is 0 Å². The maximum Gasteiger partial charge on any atom is 0.133 e. The molecular formula is C7H6BrCl2N. The predicted molar refractivity (Wildman–Crippen MR) is 51.4 cm³/mol. The van der Waals surface area contributed by atoms with Gasteiger partial charge in [0.25, 0.3) is 0 Å². The minimum absolute atomic E-state index is 0.409. The molecule has 0 radical (unpaired) electrons. The van der Waals surface area contributed by atoms with Crippen LogP contribution in [0.1, 0.15) is 11.1 Å². The van der Waals surface area contributed by atoms with Gasteiger partial charge in [-0.05, 0) is 11.6 Å². The molecule has 0 fully saturated rings. The van der Waals surface area contributed by atoms with E-state index in [2.05, 4.69) is 20.9 Å². The van der Waals surface area contributed by atoms with Crippen LogP contribution in [0.4, 0.5) is 0 Å². The Balaban J connectivity index is 3.02. The molecule has 0 saturated heterocycles. The Kier molecular flexibility index (Phi) is 3.63. The van der Waals surface area contributed by atoms with Crippen LogP contribution in [0.5, 0.6) is 0 Å². The van der Waals surface area contributed by atoms with Crippen molar-refractivity contribution in [1.29, 1.82) is 0 Å². The summed E-state index contributed by atoms with van der Waals surface area (Å²) in [5.41, 5.74) is 1.97. The number of halogens is 3. The number of aromatic nitrogens is 1. The Morgan fingerprint density at radius 3 is 2.82 bits per heavy atom. The van der Waals surface area contributed by atoms with Crippen molar-refractivity contribution in [3.05, 3.63) is 28.5 Å². The molecule has 0 saturated carbocycles. The number of alkyl halides is 2. The first kappa shape index (κ1) is 9.30. The van der Waals surface area contributed by atoms with Crippen LogP contribution in [-0.4, -0.2) is 4.98 Å². The molecule has 1 rings (SSSR count). The summed E-state index contributed by atoms with van der Waals surface area (Å²) in [4.78, 5) is 3.97. The topological polar surface area (TPSA) is 12.9 Å².